The summed E-state index contributed by atoms with van der Waals surface area (Å²) in [6.07, 6.45) is 2.82. The van der Waals surface area contributed by atoms with E-state index in [1.807, 2.05) is 52.0 Å². The number of carbonyl (C=O) groups excluding carboxylic acids is 2. The largest absolute Gasteiger partial charge is 0.492 e. The number of hydrogen-bond acceptors (Lipinski definition) is 5. The molecule has 2 rings (SSSR count). The van der Waals surface area contributed by atoms with Gasteiger partial charge in [-0.2, -0.15) is 0 Å². The molecule has 0 spiro atoms. The van der Waals surface area contributed by atoms with E-state index >= 15 is 0 Å². The van der Waals surface area contributed by atoms with E-state index in [-0.39, 0.29) is 24.8 Å². The summed E-state index contributed by atoms with van der Waals surface area (Å²) in [6.45, 7) is 9.07. The minimum absolute atomic E-state index is 0.103. The zero-order valence-corrected chi connectivity index (χ0v) is 23.5. The molecule has 0 aliphatic rings. The van der Waals surface area contributed by atoms with Gasteiger partial charge in [0.25, 0.3) is 0 Å². The summed E-state index contributed by atoms with van der Waals surface area (Å²) in [5.74, 6) is 0.113. The Bertz CT molecular complexity index is 1140. The first-order valence-corrected chi connectivity index (χ1v) is 14.8. The van der Waals surface area contributed by atoms with E-state index < -0.39 is 16.1 Å². The minimum atomic E-state index is -3.61. The van der Waals surface area contributed by atoms with E-state index in [0.717, 1.165) is 23.8 Å². The lowest BCUT2D eigenvalue weighted by molar-refractivity contribution is -0.141. The van der Waals surface area contributed by atoms with E-state index in [1.54, 1.807) is 29.2 Å². The molecule has 0 aliphatic carbocycles. The Labute approximate surface area is 222 Å². The summed E-state index contributed by atoms with van der Waals surface area (Å²) in [5.41, 5.74) is 2.46. The average molecular weight is 532 g/mol. The maximum absolute atomic E-state index is 13.5. The molecule has 204 valence electrons. The fourth-order valence-corrected chi connectivity index (χ4v) is 5.18. The molecule has 0 saturated carbocycles. The van der Waals surface area contributed by atoms with Crippen molar-refractivity contribution in [1.29, 1.82) is 0 Å². The second kappa shape index (κ2) is 14.6. The van der Waals surface area contributed by atoms with Crippen molar-refractivity contribution in [3.05, 3.63) is 59.7 Å². The lowest BCUT2D eigenvalue weighted by Gasteiger charge is -2.31. The Morgan fingerprint density at radius 1 is 1.05 bits per heavy atom. The molecule has 0 bridgehead atoms. The van der Waals surface area contributed by atoms with Crippen LogP contribution in [0.1, 0.15) is 57.6 Å². The second-order valence-corrected chi connectivity index (χ2v) is 11.0. The number of ether oxygens (including phenoxy) is 1. The maximum Gasteiger partial charge on any atom is 0.242 e. The van der Waals surface area contributed by atoms with Gasteiger partial charge in [-0.05, 0) is 50.8 Å². The molecule has 2 aromatic carbocycles. The van der Waals surface area contributed by atoms with E-state index in [2.05, 4.69) is 5.32 Å². The Morgan fingerprint density at radius 2 is 1.78 bits per heavy atom. The van der Waals surface area contributed by atoms with Crippen molar-refractivity contribution in [1.82, 2.24) is 10.2 Å². The van der Waals surface area contributed by atoms with Crippen LogP contribution in [-0.4, -0.2) is 57.1 Å². The van der Waals surface area contributed by atoms with Gasteiger partial charge in [0.1, 0.15) is 11.8 Å². The van der Waals surface area contributed by atoms with Gasteiger partial charge in [0.05, 0.1) is 18.6 Å². The van der Waals surface area contributed by atoms with Crippen LogP contribution in [0.15, 0.2) is 48.5 Å². The Hall–Kier alpha value is -3.07. The van der Waals surface area contributed by atoms with Gasteiger partial charge in [-0.25, -0.2) is 8.42 Å². The van der Waals surface area contributed by atoms with E-state index in [1.165, 1.54) is 4.31 Å². The first kappa shape index (κ1) is 30.2. The number of anilines is 1. The van der Waals surface area contributed by atoms with Crippen molar-refractivity contribution in [2.24, 2.45) is 0 Å². The summed E-state index contributed by atoms with van der Waals surface area (Å²) in [5, 5.41) is 2.92. The zero-order chi connectivity index (χ0) is 27.4. The molecule has 1 N–H and O–H groups in total. The molecule has 0 radical (unpaired) electrons. The predicted molar refractivity (Wildman–Crippen MR) is 148 cm³/mol. The standard InChI is InChI=1S/C28H41N3O5S/c1-6-18-29-28(33)24(7-2)30(21-23-14-11-13-22(4)20-23)27(32)17-12-19-31(37(5,34)35)25-15-9-10-16-26(25)36-8-3/h9-11,13-16,20,24H,6-8,12,17-19,21H2,1-5H3,(H,29,33). The van der Waals surface area contributed by atoms with Crippen LogP contribution in [0.4, 0.5) is 5.69 Å². The van der Waals surface area contributed by atoms with Crippen LogP contribution in [-0.2, 0) is 26.2 Å². The van der Waals surface area contributed by atoms with Crippen molar-refractivity contribution in [2.75, 3.05) is 30.3 Å². The molecule has 0 heterocycles. The number of hydrogen-bond donors (Lipinski definition) is 1. The third-order valence-electron chi connectivity index (χ3n) is 5.96. The first-order chi connectivity index (χ1) is 17.6. The van der Waals surface area contributed by atoms with Crippen LogP contribution in [0.5, 0.6) is 5.75 Å². The third kappa shape index (κ3) is 9.07. The van der Waals surface area contributed by atoms with E-state index in [4.69, 9.17) is 4.74 Å². The fourth-order valence-electron chi connectivity index (χ4n) is 4.22. The minimum Gasteiger partial charge on any atom is -0.492 e. The monoisotopic (exact) mass is 531 g/mol. The van der Waals surface area contributed by atoms with Gasteiger partial charge < -0.3 is 15.0 Å². The average Bonchev–Trinajstić information content (AvgIpc) is 2.85. The van der Waals surface area contributed by atoms with Crippen molar-refractivity contribution < 1.29 is 22.7 Å². The molecule has 0 aromatic heterocycles. The highest BCUT2D eigenvalue weighted by atomic mass is 32.2. The lowest BCUT2D eigenvalue weighted by atomic mass is 10.1. The smallest absolute Gasteiger partial charge is 0.242 e. The van der Waals surface area contributed by atoms with Crippen LogP contribution in [0.3, 0.4) is 0 Å². The Balaban J connectivity index is 2.24. The molecule has 0 fully saturated rings. The highest BCUT2D eigenvalue weighted by molar-refractivity contribution is 7.92. The van der Waals surface area contributed by atoms with Crippen LogP contribution in [0, 0.1) is 6.92 Å². The quantitative estimate of drug-likeness (QED) is 0.370. The highest BCUT2D eigenvalue weighted by Gasteiger charge is 2.29. The van der Waals surface area contributed by atoms with Gasteiger partial charge in [0, 0.05) is 26.1 Å². The van der Waals surface area contributed by atoms with E-state index in [9.17, 15) is 18.0 Å². The maximum atomic E-state index is 13.5. The molecule has 0 aliphatic heterocycles. The topological polar surface area (TPSA) is 96.0 Å². The molecule has 2 amide bonds. The van der Waals surface area contributed by atoms with Crippen molar-refractivity contribution >= 4 is 27.5 Å². The van der Waals surface area contributed by atoms with Gasteiger partial charge >= 0.3 is 0 Å². The highest BCUT2D eigenvalue weighted by Crippen LogP contribution is 2.30. The Morgan fingerprint density at radius 3 is 2.41 bits per heavy atom. The number of aryl methyl sites for hydroxylation is 1. The van der Waals surface area contributed by atoms with Gasteiger partial charge in [-0.3, -0.25) is 13.9 Å². The summed E-state index contributed by atoms with van der Waals surface area (Å²) < 4.78 is 32.2. The van der Waals surface area contributed by atoms with Crippen LogP contribution >= 0.6 is 0 Å². The predicted octanol–water partition coefficient (Wildman–Crippen LogP) is 4.27. The Kier molecular flexibility index (Phi) is 11.9. The van der Waals surface area contributed by atoms with E-state index in [0.29, 0.717) is 44.0 Å². The fraction of sp³-hybridized carbons (Fsp3) is 0.500. The molecule has 0 saturated heterocycles. The number of rotatable bonds is 15. The summed E-state index contributed by atoms with van der Waals surface area (Å²) in [4.78, 5) is 28.1. The number of nitrogens with zero attached hydrogens (tertiary/aromatic N) is 2. The molecule has 8 nitrogen and oxygen atoms in total. The summed E-state index contributed by atoms with van der Waals surface area (Å²) >= 11 is 0. The number of amides is 2. The molecule has 37 heavy (non-hydrogen) atoms. The number of para-hydroxylation sites is 2. The van der Waals surface area contributed by atoms with Crippen molar-refractivity contribution in [3.63, 3.8) is 0 Å². The second-order valence-electron chi connectivity index (χ2n) is 9.07. The van der Waals surface area contributed by atoms with Crippen molar-refractivity contribution in [2.45, 2.75) is 66.0 Å². The molecule has 1 atom stereocenters. The molecule has 1 unspecified atom stereocenters. The number of carbonyl (C=O) groups is 2. The van der Waals surface area contributed by atoms with Gasteiger partial charge in [-0.15, -0.1) is 0 Å². The molecular formula is C28H41N3O5S. The normalized spacial score (nSPS) is 12.0. The zero-order valence-electron chi connectivity index (χ0n) is 22.7. The summed E-state index contributed by atoms with van der Waals surface area (Å²) in [7, 11) is -3.61. The van der Waals surface area contributed by atoms with Crippen molar-refractivity contribution in [3.8, 4) is 5.75 Å². The van der Waals surface area contributed by atoms with Crippen LogP contribution in [0.25, 0.3) is 0 Å². The number of nitrogens with one attached hydrogen (secondary N) is 1. The SMILES string of the molecule is CCCNC(=O)C(CC)N(Cc1cccc(C)c1)C(=O)CCCN(c1ccccc1OCC)S(C)(=O)=O. The van der Waals surface area contributed by atoms with Crippen LogP contribution < -0.4 is 14.4 Å². The van der Waals surface area contributed by atoms with Gasteiger partial charge in [0.15, 0.2) is 0 Å². The summed E-state index contributed by atoms with van der Waals surface area (Å²) in [6, 6.07) is 14.2. The molecule has 9 heteroatoms. The first-order valence-electron chi connectivity index (χ1n) is 12.9. The van der Waals surface area contributed by atoms with Gasteiger partial charge in [0.2, 0.25) is 21.8 Å². The third-order valence-corrected chi connectivity index (χ3v) is 7.14. The lowest BCUT2D eigenvalue weighted by Crippen LogP contribution is -2.49. The van der Waals surface area contributed by atoms with Crippen LogP contribution in [0.2, 0.25) is 0 Å². The molecule has 2 aromatic rings. The number of sulfonamides is 1. The number of benzene rings is 2. The molecular weight excluding hydrogens is 490 g/mol. The van der Waals surface area contributed by atoms with Gasteiger partial charge in [-0.1, -0.05) is 55.8 Å².